The topological polar surface area (TPSA) is 132 Å². The third-order valence-corrected chi connectivity index (χ3v) is 6.30. The number of aromatic nitrogens is 3. The number of nitrogens with two attached hydrogens (primary N) is 1. The average Bonchev–Trinajstić information content (AvgIpc) is 3.51. The summed E-state index contributed by atoms with van der Waals surface area (Å²) >= 11 is 0. The predicted molar refractivity (Wildman–Crippen MR) is 137 cm³/mol. The number of rotatable bonds is 10. The first-order valence-electron chi connectivity index (χ1n) is 12.2. The van der Waals surface area contributed by atoms with E-state index in [1.54, 1.807) is 36.4 Å². The summed E-state index contributed by atoms with van der Waals surface area (Å²) in [5.74, 6) is -0.511. The van der Waals surface area contributed by atoms with Crippen LogP contribution in [0.15, 0.2) is 60.7 Å². The van der Waals surface area contributed by atoms with E-state index in [1.165, 1.54) is 4.90 Å². The largest absolute Gasteiger partial charge is 0.443 e. The van der Waals surface area contributed by atoms with Gasteiger partial charge in [0.05, 0.1) is 36.5 Å². The van der Waals surface area contributed by atoms with Crippen LogP contribution in [-0.4, -0.2) is 67.8 Å². The molecule has 1 aliphatic rings. The van der Waals surface area contributed by atoms with E-state index < -0.39 is 23.7 Å². The Bertz CT molecular complexity index is 1270. The molecule has 196 valence electrons. The number of nitrogens with zero attached hydrogens (tertiary/aromatic N) is 4. The molecule has 0 saturated carbocycles. The van der Waals surface area contributed by atoms with Gasteiger partial charge < -0.3 is 25.2 Å². The van der Waals surface area contributed by atoms with Gasteiger partial charge in [0.15, 0.2) is 11.4 Å². The minimum absolute atomic E-state index is 0.0474. The second-order valence-corrected chi connectivity index (χ2v) is 9.84. The van der Waals surface area contributed by atoms with Crippen molar-refractivity contribution in [3.8, 4) is 0 Å². The number of hydrogen-bond donors (Lipinski definition) is 2. The van der Waals surface area contributed by atoms with Crippen molar-refractivity contribution in [2.75, 3.05) is 19.7 Å². The summed E-state index contributed by atoms with van der Waals surface area (Å²) in [6.07, 6.45) is -0.513. The number of carbonyl (C=O) groups excluding carboxylic acids is 2. The molecule has 3 aromatic rings. The molecule has 1 aliphatic heterocycles. The SMILES string of the molecule is C=C(C(=O)C(C)(C)N)C(COCc1ccccc1)c1nnc2cccc(COC(=O)N3CC[C@H](O)C3)n12. The summed E-state index contributed by atoms with van der Waals surface area (Å²) in [5, 5.41) is 18.4. The van der Waals surface area contributed by atoms with E-state index in [9.17, 15) is 14.7 Å². The number of carbonyl (C=O) groups is 2. The Morgan fingerprint density at radius 2 is 1.92 bits per heavy atom. The maximum atomic E-state index is 13.1. The zero-order valence-corrected chi connectivity index (χ0v) is 21.2. The quantitative estimate of drug-likeness (QED) is 0.400. The minimum atomic E-state index is -1.13. The van der Waals surface area contributed by atoms with E-state index in [2.05, 4.69) is 16.8 Å². The van der Waals surface area contributed by atoms with Crippen LogP contribution in [0.5, 0.6) is 0 Å². The van der Waals surface area contributed by atoms with Crippen molar-refractivity contribution < 1.29 is 24.2 Å². The zero-order valence-electron chi connectivity index (χ0n) is 21.2. The number of hydrogen-bond acceptors (Lipinski definition) is 8. The molecule has 10 heteroatoms. The zero-order chi connectivity index (χ0) is 26.6. The number of aliphatic hydroxyl groups is 1. The number of Topliss-reactive ketones (excluding diaryl/α,β-unsaturated/α-hetero) is 1. The lowest BCUT2D eigenvalue weighted by molar-refractivity contribution is -0.119. The van der Waals surface area contributed by atoms with Crippen molar-refractivity contribution in [3.05, 3.63) is 77.8 Å². The van der Waals surface area contributed by atoms with E-state index in [0.29, 0.717) is 36.7 Å². The number of amides is 1. The molecule has 1 fully saturated rings. The van der Waals surface area contributed by atoms with E-state index in [4.69, 9.17) is 15.2 Å². The van der Waals surface area contributed by atoms with Crippen LogP contribution in [0.25, 0.3) is 5.65 Å². The fraction of sp³-hybridized carbons (Fsp3) is 0.407. The van der Waals surface area contributed by atoms with Crippen molar-refractivity contribution in [2.24, 2.45) is 5.73 Å². The molecule has 1 unspecified atom stereocenters. The van der Waals surface area contributed by atoms with Crippen LogP contribution in [0.3, 0.4) is 0 Å². The van der Waals surface area contributed by atoms with Gasteiger partial charge in [0.1, 0.15) is 12.4 Å². The summed E-state index contributed by atoms with van der Waals surface area (Å²) in [6.45, 7) is 8.43. The summed E-state index contributed by atoms with van der Waals surface area (Å²) in [5.41, 5.74) is 7.37. The molecule has 10 nitrogen and oxygen atoms in total. The highest BCUT2D eigenvalue weighted by Crippen LogP contribution is 2.28. The van der Waals surface area contributed by atoms with Crippen LogP contribution in [0.4, 0.5) is 4.79 Å². The van der Waals surface area contributed by atoms with Crippen LogP contribution >= 0.6 is 0 Å². The number of ketones is 1. The van der Waals surface area contributed by atoms with Gasteiger partial charge in [-0.05, 0) is 38.0 Å². The van der Waals surface area contributed by atoms with Crippen molar-refractivity contribution in [3.63, 3.8) is 0 Å². The Kier molecular flexibility index (Phi) is 8.01. The van der Waals surface area contributed by atoms with Crippen molar-refractivity contribution >= 4 is 17.5 Å². The normalized spacial score (nSPS) is 16.6. The van der Waals surface area contributed by atoms with Crippen molar-refractivity contribution in [2.45, 2.75) is 51.0 Å². The van der Waals surface area contributed by atoms with Crippen LogP contribution in [-0.2, 0) is 27.5 Å². The minimum Gasteiger partial charge on any atom is -0.443 e. The van der Waals surface area contributed by atoms with Crippen molar-refractivity contribution in [1.29, 1.82) is 0 Å². The van der Waals surface area contributed by atoms with E-state index in [0.717, 1.165) is 5.56 Å². The highest BCUT2D eigenvalue weighted by atomic mass is 16.6. The van der Waals surface area contributed by atoms with E-state index >= 15 is 0 Å². The van der Waals surface area contributed by atoms with Crippen molar-refractivity contribution in [1.82, 2.24) is 19.5 Å². The third-order valence-electron chi connectivity index (χ3n) is 6.30. The number of likely N-dealkylation sites (tertiary alicyclic amines) is 1. The summed E-state index contributed by atoms with van der Waals surface area (Å²) in [7, 11) is 0. The van der Waals surface area contributed by atoms with Gasteiger partial charge in [0.25, 0.3) is 0 Å². The molecule has 2 atom stereocenters. The Balaban J connectivity index is 1.60. The highest BCUT2D eigenvalue weighted by molar-refractivity contribution is 6.02. The smallest absolute Gasteiger partial charge is 0.410 e. The second-order valence-electron chi connectivity index (χ2n) is 9.84. The molecular formula is C27H33N5O5. The number of benzene rings is 1. The molecular weight excluding hydrogens is 474 g/mol. The Morgan fingerprint density at radius 3 is 2.59 bits per heavy atom. The molecule has 3 N–H and O–H groups in total. The third kappa shape index (κ3) is 6.22. The Hall–Kier alpha value is -3.60. The Morgan fingerprint density at radius 1 is 1.16 bits per heavy atom. The maximum absolute atomic E-state index is 13.1. The van der Waals surface area contributed by atoms with Crippen LogP contribution in [0, 0.1) is 0 Å². The molecule has 0 radical (unpaired) electrons. The molecule has 1 saturated heterocycles. The fourth-order valence-electron chi connectivity index (χ4n) is 4.28. The summed E-state index contributed by atoms with van der Waals surface area (Å²) < 4.78 is 13.3. The van der Waals surface area contributed by atoms with E-state index in [-0.39, 0.29) is 31.1 Å². The first-order valence-corrected chi connectivity index (χ1v) is 12.2. The molecule has 0 aliphatic carbocycles. The van der Waals surface area contributed by atoms with Gasteiger partial charge >= 0.3 is 6.09 Å². The molecule has 37 heavy (non-hydrogen) atoms. The number of pyridine rings is 1. The van der Waals surface area contributed by atoms with Gasteiger partial charge in [-0.3, -0.25) is 9.20 Å². The van der Waals surface area contributed by atoms with Gasteiger partial charge in [0, 0.05) is 18.7 Å². The highest BCUT2D eigenvalue weighted by Gasteiger charge is 2.33. The lowest BCUT2D eigenvalue weighted by atomic mass is 9.87. The van der Waals surface area contributed by atoms with Gasteiger partial charge in [0.2, 0.25) is 0 Å². The second kappa shape index (κ2) is 11.2. The summed E-state index contributed by atoms with van der Waals surface area (Å²) in [6, 6.07) is 15.1. The first-order chi connectivity index (χ1) is 17.6. The van der Waals surface area contributed by atoms with Gasteiger partial charge in [-0.25, -0.2) is 4.79 Å². The average molecular weight is 508 g/mol. The number of fused-ring (bicyclic) bond motifs is 1. The first kappa shape index (κ1) is 26.5. The number of β-amino-alcohol motifs (C(OH)–C–C–N with tert-alkyl or cyclic N) is 1. The number of aliphatic hydroxyl groups excluding tert-OH is 1. The molecule has 2 aromatic heterocycles. The van der Waals surface area contributed by atoms with Gasteiger partial charge in [-0.15, -0.1) is 10.2 Å². The summed E-state index contributed by atoms with van der Waals surface area (Å²) in [4.78, 5) is 27.1. The number of ether oxygens (including phenoxy) is 2. The molecule has 4 rings (SSSR count). The standard InChI is InChI=1S/C27H33N5O5/c1-18(24(34)27(2,3)28)22(17-36-15-19-8-5-4-6-9-19)25-30-29-23-11-7-10-20(32(23)25)16-37-26(35)31-13-12-21(33)14-31/h4-11,21-22,33H,1,12-17,28H2,2-3H3/t21-,22?/m0/s1. The van der Waals surface area contributed by atoms with Crippen LogP contribution in [0.1, 0.15) is 43.3 Å². The maximum Gasteiger partial charge on any atom is 0.410 e. The monoisotopic (exact) mass is 507 g/mol. The van der Waals surface area contributed by atoms with Crippen LogP contribution < -0.4 is 5.73 Å². The molecule has 0 bridgehead atoms. The molecule has 1 aromatic carbocycles. The molecule has 3 heterocycles. The lowest BCUT2D eigenvalue weighted by Crippen LogP contribution is -2.43. The fourth-order valence-corrected chi connectivity index (χ4v) is 4.28. The molecule has 0 spiro atoms. The van der Waals surface area contributed by atoms with Crippen LogP contribution in [0.2, 0.25) is 0 Å². The predicted octanol–water partition coefficient (Wildman–Crippen LogP) is 2.60. The van der Waals surface area contributed by atoms with E-state index in [1.807, 2.05) is 30.3 Å². The van der Waals surface area contributed by atoms with Gasteiger partial charge in [-0.2, -0.15) is 0 Å². The molecule has 1 amide bonds. The van der Waals surface area contributed by atoms with Gasteiger partial charge in [-0.1, -0.05) is 43.0 Å². The lowest BCUT2D eigenvalue weighted by Gasteiger charge is -2.24. The Labute approximate surface area is 215 Å².